The molecule has 168 valence electrons. The van der Waals surface area contributed by atoms with E-state index in [0.29, 0.717) is 64.6 Å². The summed E-state index contributed by atoms with van der Waals surface area (Å²) in [6.45, 7) is 10.4. The van der Waals surface area contributed by atoms with Gasteiger partial charge in [-0.05, 0) is 44.5 Å². The molecule has 1 aromatic carbocycles. The predicted molar refractivity (Wildman–Crippen MR) is 108 cm³/mol. The van der Waals surface area contributed by atoms with Gasteiger partial charge in [0.05, 0.1) is 18.8 Å². The Hall–Kier alpha value is -2.00. The van der Waals surface area contributed by atoms with Gasteiger partial charge < -0.3 is 19.3 Å². The zero-order valence-electron chi connectivity index (χ0n) is 17.8. The standard InChI is InChI=1S/C21H30F3N3O3/c1-20(2,3)30-19(28)27-8-6-25(7-9-27)15-16-14-17(21(22,23)24)4-5-18(16)26-10-12-29-13-11-26/h4-5,14H,6-13,15H2,1-3H3. The molecule has 30 heavy (non-hydrogen) atoms. The number of piperazine rings is 1. The Balaban J connectivity index is 1.70. The van der Waals surface area contributed by atoms with Crippen molar-refractivity contribution in [1.29, 1.82) is 0 Å². The number of nitrogens with zero attached hydrogens (tertiary/aromatic N) is 3. The van der Waals surface area contributed by atoms with Crippen molar-refractivity contribution in [2.24, 2.45) is 0 Å². The van der Waals surface area contributed by atoms with E-state index in [2.05, 4.69) is 9.80 Å². The number of amides is 1. The maximum absolute atomic E-state index is 13.3. The average molecular weight is 429 g/mol. The van der Waals surface area contributed by atoms with Gasteiger partial charge in [0.2, 0.25) is 0 Å². The first-order chi connectivity index (χ1) is 14.0. The SMILES string of the molecule is CC(C)(C)OC(=O)N1CCN(Cc2cc(C(F)(F)F)ccc2N2CCOCC2)CC1. The lowest BCUT2D eigenvalue weighted by atomic mass is 10.1. The molecule has 2 aliphatic heterocycles. The fraction of sp³-hybridized carbons (Fsp3) is 0.667. The number of carbonyl (C=O) groups excluding carboxylic acids is 1. The zero-order valence-corrected chi connectivity index (χ0v) is 17.8. The van der Waals surface area contributed by atoms with Crippen molar-refractivity contribution in [2.45, 2.75) is 39.1 Å². The van der Waals surface area contributed by atoms with Crippen molar-refractivity contribution in [3.63, 3.8) is 0 Å². The van der Waals surface area contributed by atoms with Gasteiger partial charge in [0.25, 0.3) is 0 Å². The number of hydrogen-bond acceptors (Lipinski definition) is 5. The van der Waals surface area contributed by atoms with Gasteiger partial charge in [-0.1, -0.05) is 0 Å². The Morgan fingerprint density at radius 3 is 2.23 bits per heavy atom. The molecule has 0 bridgehead atoms. The van der Waals surface area contributed by atoms with E-state index >= 15 is 0 Å². The topological polar surface area (TPSA) is 45.2 Å². The van der Waals surface area contributed by atoms with Crippen molar-refractivity contribution in [1.82, 2.24) is 9.80 Å². The van der Waals surface area contributed by atoms with E-state index in [1.54, 1.807) is 11.0 Å². The maximum atomic E-state index is 13.3. The zero-order chi connectivity index (χ0) is 21.9. The van der Waals surface area contributed by atoms with Gasteiger partial charge in [-0.2, -0.15) is 13.2 Å². The summed E-state index contributed by atoms with van der Waals surface area (Å²) in [5, 5.41) is 0. The summed E-state index contributed by atoms with van der Waals surface area (Å²) < 4.78 is 50.7. The van der Waals surface area contributed by atoms with Crippen LogP contribution in [-0.2, 0) is 22.2 Å². The summed E-state index contributed by atoms with van der Waals surface area (Å²) in [6.07, 6.45) is -4.73. The molecule has 2 saturated heterocycles. The number of ether oxygens (including phenoxy) is 2. The Bertz CT molecular complexity index is 735. The molecule has 0 atom stereocenters. The minimum atomic E-state index is -4.38. The fourth-order valence-electron chi connectivity index (χ4n) is 3.66. The third-order valence-electron chi connectivity index (χ3n) is 5.18. The molecule has 6 nitrogen and oxygen atoms in total. The van der Waals surface area contributed by atoms with Crippen LogP contribution in [0.25, 0.3) is 0 Å². The molecule has 1 amide bonds. The van der Waals surface area contributed by atoms with Gasteiger partial charge >= 0.3 is 12.3 Å². The van der Waals surface area contributed by atoms with Crippen molar-refractivity contribution >= 4 is 11.8 Å². The molecule has 0 unspecified atom stereocenters. The van der Waals surface area contributed by atoms with Crippen LogP contribution in [-0.4, -0.2) is 74.0 Å². The minimum absolute atomic E-state index is 0.352. The molecule has 0 spiro atoms. The van der Waals surface area contributed by atoms with Gasteiger partial charge in [0.1, 0.15) is 5.60 Å². The van der Waals surface area contributed by atoms with Crippen LogP contribution < -0.4 is 4.90 Å². The molecule has 0 radical (unpaired) electrons. The van der Waals surface area contributed by atoms with Crippen LogP contribution in [0, 0.1) is 0 Å². The van der Waals surface area contributed by atoms with Crippen molar-refractivity contribution < 1.29 is 27.4 Å². The molecule has 0 aliphatic carbocycles. The first kappa shape index (κ1) is 22.7. The van der Waals surface area contributed by atoms with E-state index in [9.17, 15) is 18.0 Å². The number of alkyl halides is 3. The van der Waals surface area contributed by atoms with Crippen molar-refractivity contribution in [2.75, 3.05) is 57.4 Å². The fourth-order valence-corrected chi connectivity index (χ4v) is 3.66. The predicted octanol–water partition coefficient (Wildman–Crippen LogP) is 3.59. The number of hydrogen-bond donors (Lipinski definition) is 0. The number of carbonyl (C=O) groups is 1. The Morgan fingerprint density at radius 2 is 1.67 bits per heavy atom. The highest BCUT2D eigenvalue weighted by atomic mass is 19.4. The summed E-state index contributed by atoms with van der Waals surface area (Å²) in [5.41, 5.74) is 0.277. The summed E-state index contributed by atoms with van der Waals surface area (Å²) in [5.74, 6) is 0. The Morgan fingerprint density at radius 1 is 1.03 bits per heavy atom. The van der Waals surface area contributed by atoms with E-state index < -0.39 is 17.3 Å². The van der Waals surface area contributed by atoms with Gasteiger partial charge in [0.15, 0.2) is 0 Å². The number of rotatable bonds is 3. The van der Waals surface area contributed by atoms with Crippen LogP contribution in [0.15, 0.2) is 18.2 Å². The van der Waals surface area contributed by atoms with Gasteiger partial charge in [0, 0.05) is 51.5 Å². The highest BCUT2D eigenvalue weighted by Crippen LogP contribution is 2.34. The molecule has 0 saturated carbocycles. The van der Waals surface area contributed by atoms with E-state index in [1.165, 1.54) is 6.07 Å². The second-order valence-corrected chi connectivity index (χ2v) is 8.68. The summed E-state index contributed by atoms with van der Waals surface area (Å²) in [6, 6.07) is 3.97. The second kappa shape index (κ2) is 9.01. The molecule has 9 heteroatoms. The molecule has 0 aromatic heterocycles. The van der Waals surface area contributed by atoms with Crippen LogP contribution in [0.5, 0.6) is 0 Å². The maximum Gasteiger partial charge on any atom is 0.416 e. The highest BCUT2D eigenvalue weighted by molar-refractivity contribution is 5.68. The van der Waals surface area contributed by atoms with E-state index in [-0.39, 0.29) is 6.09 Å². The van der Waals surface area contributed by atoms with Crippen molar-refractivity contribution in [3.8, 4) is 0 Å². The van der Waals surface area contributed by atoms with Crippen LogP contribution in [0.2, 0.25) is 0 Å². The quantitative estimate of drug-likeness (QED) is 0.735. The Labute approximate surface area is 175 Å². The molecule has 2 fully saturated rings. The summed E-state index contributed by atoms with van der Waals surface area (Å²) in [4.78, 5) is 18.0. The molecular weight excluding hydrogens is 399 g/mol. The van der Waals surface area contributed by atoms with Crippen LogP contribution in [0.3, 0.4) is 0 Å². The smallest absolute Gasteiger partial charge is 0.416 e. The molecule has 2 aliphatic rings. The number of anilines is 1. The van der Waals surface area contributed by atoms with Crippen LogP contribution in [0.1, 0.15) is 31.9 Å². The molecule has 2 heterocycles. The number of benzene rings is 1. The monoisotopic (exact) mass is 429 g/mol. The van der Waals surface area contributed by atoms with E-state index in [4.69, 9.17) is 9.47 Å². The first-order valence-corrected chi connectivity index (χ1v) is 10.3. The van der Waals surface area contributed by atoms with Crippen LogP contribution in [0.4, 0.5) is 23.7 Å². The number of morpholine rings is 1. The van der Waals surface area contributed by atoms with Crippen molar-refractivity contribution in [3.05, 3.63) is 29.3 Å². The largest absolute Gasteiger partial charge is 0.444 e. The highest BCUT2D eigenvalue weighted by Gasteiger charge is 2.32. The van der Waals surface area contributed by atoms with Crippen LogP contribution >= 0.6 is 0 Å². The van der Waals surface area contributed by atoms with Gasteiger partial charge in [-0.25, -0.2) is 4.79 Å². The summed E-state index contributed by atoms with van der Waals surface area (Å²) >= 11 is 0. The molecule has 1 aromatic rings. The summed E-state index contributed by atoms with van der Waals surface area (Å²) in [7, 11) is 0. The van der Waals surface area contributed by atoms with Gasteiger partial charge in [-0.15, -0.1) is 0 Å². The molecule has 0 N–H and O–H groups in total. The lowest BCUT2D eigenvalue weighted by Gasteiger charge is -2.37. The molecule has 3 rings (SSSR count). The van der Waals surface area contributed by atoms with E-state index in [0.717, 1.165) is 11.8 Å². The third-order valence-corrected chi connectivity index (χ3v) is 5.18. The normalized spacial score (nSPS) is 19.1. The number of halogens is 3. The second-order valence-electron chi connectivity index (χ2n) is 8.68. The van der Waals surface area contributed by atoms with Gasteiger partial charge in [-0.3, -0.25) is 4.90 Å². The average Bonchev–Trinajstić information content (AvgIpc) is 2.67. The third kappa shape index (κ3) is 6.01. The first-order valence-electron chi connectivity index (χ1n) is 10.3. The Kier molecular flexibility index (Phi) is 6.81. The molecular formula is C21H30F3N3O3. The minimum Gasteiger partial charge on any atom is -0.444 e. The lowest BCUT2D eigenvalue weighted by Crippen LogP contribution is -2.49. The lowest BCUT2D eigenvalue weighted by molar-refractivity contribution is -0.137. The van der Waals surface area contributed by atoms with E-state index in [1.807, 2.05) is 20.8 Å².